The number of hydrogen-bond donors (Lipinski definition) is 2. The summed E-state index contributed by atoms with van der Waals surface area (Å²) in [5, 5.41) is 20.1. The van der Waals surface area contributed by atoms with Gasteiger partial charge in [0.05, 0.1) is 18.7 Å². The molecule has 2 saturated heterocycles. The van der Waals surface area contributed by atoms with Crippen LogP contribution in [0.5, 0.6) is 5.75 Å². The highest BCUT2D eigenvalue weighted by atomic mass is 16.6. The van der Waals surface area contributed by atoms with Crippen molar-refractivity contribution in [1.29, 1.82) is 5.26 Å². The summed E-state index contributed by atoms with van der Waals surface area (Å²) in [6.45, 7) is 0.400. The minimum Gasteiger partial charge on any atom is -0.483 e. The van der Waals surface area contributed by atoms with Crippen LogP contribution in [0.2, 0.25) is 0 Å². The molecule has 3 aromatic rings. The Kier molecular flexibility index (Phi) is 4.75. The Morgan fingerprint density at radius 3 is 2.70 bits per heavy atom. The van der Waals surface area contributed by atoms with Crippen LogP contribution in [0.25, 0.3) is 10.9 Å². The average Bonchev–Trinajstić information content (AvgIpc) is 3.32. The summed E-state index contributed by atoms with van der Waals surface area (Å²) in [5.41, 5.74) is 2.21. The first-order valence-electron chi connectivity index (χ1n) is 9.85. The molecule has 2 N–H and O–H groups in total. The average molecular weight is 404 g/mol. The fraction of sp³-hybridized carbons (Fsp3) is 0.304. The molecule has 0 saturated carbocycles. The third-order valence-corrected chi connectivity index (χ3v) is 5.64. The Morgan fingerprint density at radius 1 is 1.10 bits per heavy atom. The van der Waals surface area contributed by atoms with Gasteiger partial charge in [-0.15, -0.1) is 0 Å². The molecule has 0 unspecified atom stereocenters. The maximum Gasteiger partial charge on any atom is 0.270 e. The van der Waals surface area contributed by atoms with Gasteiger partial charge in [0, 0.05) is 5.39 Å². The Bertz CT molecular complexity index is 1180. The molecule has 0 aliphatic carbocycles. The van der Waals surface area contributed by atoms with E-state index in [1.165, 1.54) is 0 Å². The molecule has 0 radical (unpaired) electrons. The van der Waals surface area contributed by atoms with Gasteiger partial charge in [-0.05, 0) is 29.7 Å². The molecule has 2 aliphatic heterocycles. The number of aliphatic hydroxyl groups is 1. The van der Waals surface area contributed by atoms with Crippen LogP contribution in [-0.2, 0) is 15.9 Å². The maximum absolute atomic E-state index is 12.5. The molecule has 2 fully saturated rings. The van der Waals surface area contributed by atoms with Crippen LogP contribution in [0, 0.1) is 11.3 Å². The van der Waals surface area contributed by atoms with Crippen LogP contribution in [-0.4, -0.2) is 47.7 Å². The van der Waals surface area contributed by atoms with E-state index in [4.69, 9.17) is 14.2 Å². The molecule has 1 aromatic heterocycles. The summed E-state index contributed by atoms with van der Waals surface area (Å²) in [5.74, 6) is 0.224. The number of ether oxygens (including phenoxy) is 3. The second-order valence-electron chi connectivity index (χ2n) is 7.63. The summed E-state index contributed by atoms with van der Waals surface area (Å²) in [7, 11) is 0. The van der Waals surface area contributed by atoms with Crippen LogP contribution in [0.3, 0.4) is 0 Å². The summed E-state index contributed by atoms with van der Waals surface area (Å²) >= 11 is 0. The van der Waals surface area contributed by atoms with Gasteiger partial charge >= 0.3 is 0 Å². The van der Waals surface area contributed by atoms with Crippen molar-refractivity contribution in [1.82, 2.24) is 4.98 Å². The predicted molar refractivity (Wildman–Crippen MR) is 108 cm³/mol. The van der Waals surface area contributed by atoms with E-state index in [-0.39, 0.29) is 24.5 Å². The van der Waals surface area contributed by atoms with Gasteiger partial charge in [-0.3, -0.25) is 4.79 Å². The van der Waals surface area contributed by atoms with E-state index in [0.29, 0.717) is 10.9 Å². The van der Waals surface area contributed by atoms with Crippen molar-refractivity contribution in [3.05, 3.63) is 75.6 Å². The highest BCUT2D eigenvalue weighted by Crippen LogP contribution is 2.33. The van der Waals surface area contributed by atoms with Crippen LogP contribution >= 0.6 is 0 Å². The second kappa shape index (κ2) is 7.58. The summed E-state index contributed by atoms with van der Waals surface area (Å²) in [6.07, 6.45) is -1.37. The number of fused-ring (bicyclic) bond motifs is 2. The van der Waals surface area contributed by atoms with Gasteiger partial charge in [0.15, 0.2) is 17.4 Å². The molecule has 7 nitrogen and oxygen atoms in total. The number of pyridine rings is 1. The lowest BCUT2D eigenvalue weighted by Crippen LogP contribution is -2.35. The molecule has 4 atom stereocenters. The van der Waals surface area contributed by atoms with Gasteiger partial charge < -0.3 is 24.3 Å². The number of benzene rings is 2. The van der Waals surface area contributed by atoms with Gasteiger partial charge in [0.2, 0.25) is 0 Å². The fourth-order valence-corrected chi connectivity index (χ4v) is 4.18. The van der Waals surface area contributed by atoms with Crippen molar-refractivity contribution in [2.75, 3.05) is 13.2 Å². The van der Waals surface area contributed by atoms with E-state index in [1.54, 1.807) is 0 Å². The third kappa shape index (κ3) is 3.25. The third-order valence-electron chi connectivity index (χ3n) is 5.64. The van der Waals surface area contributed by atoms with Crippen molar-refractivity contribution >= 4 is 10.9 Å². The smallest absolute Gasteiger partial charge is 0.270 e. The largest absolute Gasteiger partial charge is 0.483 e. The lowest BCUT2D eigenvalue weighted by molar-refractivity contribution is 0.00882. The quantitative estimate of drug-likeness (QED) is 0.688. The molecule has 30 heavy (non-hydrogen) atoms. The van der Waals surface area contributed by atoms with Gasteiger partial charge in [-0.2, -0.15) is 5.26 Å². The molecule has 2 aliphatic rings. The number of aliphatic hydroxyl groups excluding tert-OH is 1. The van der Waals surface area contributed by atoms with Crippen molar-refractivity contribution in [3.8, 4) is 11.8 Å². The van der Waals surface area contributed by atoms with E-state index < -0.39 is 30.0 Å². The maximum atomic E-state index is 12.5. The van der Waals surface area contributed by atoms with Crippen molar-refractivity contribution in [3.63, 3.8) is 0 Å². The van der Waals surface area contributed by atoms with Crippen LogP contribution in [0.15, 0.2) is 53.3 Å². The standard InChI is InChI=1S/C23H20N2O5/c24-10-16-20(30-19-12-29-21-18(26)11-28-22(19)21)15-7-6-14(9-17(15)25-23(16)27)8-13-4-2-1-3-5-13/h1-7,9,18-19,21-22,26H,8,11-12H2,(H,25,27)/t18-,19-,21+,22+/m0/s1. The predicted octanol–water partition coefficient (Wildman–Crippen LogP) is 1.90. The number of hydrogen-bond acceptors (Lipinski definition) is 6. The number of aromatic nitrogens is 1. The van der Waals surface area contributed by atoms with Crippen molar-refractivity contribution in [2.45, 2.75) is 30.8 Å². The first-order chi connectivity index (χ1) is 14.6. The van der Waals surface area contributed by atoms with E-state index >= 15 is 0 Å². The highest BCUT2D eigenvalue weighted by molar-refractivity contribution is 5.87. The minimum absolute atomic E-state index is 0.0831. The number of nitriles is 1. The van der Waals surface area contributed by atoms with Crippen molar-refractivity contribution in [2.24, 2.45) is 0 Å². The Balaban J connectivity index is 1.52. The SMILES string of the molecule is N#Cc1c(O[C@H]2CO[C@H]3[C@@H]2OC[C@@H]3O)c2ccc(Cc3ccccc3)cc2[nH]c1=O. The molecule has 0 bridgehead atoms. The lowest BCUT2D eigenvalue weighted by atomic mass is 10.0. The first kappa shape index (κ1) is 18.8. The fourth-order valence-electron chi connectivity index (χ4n) is 4.18. The van der Waals surface area contributed by atoms with Crippen LogP contribution in [0.4, 0.5) is 0 Å². The van der Waals surface area contributed by atoms with Crippen LogP contribution in [0.1, 0.15) is 16.7 Å². The van der Waals surface area contributed by atoms with E-state index in [9.17, 15) is 15.2 Å². The number of rotatable bonds is 4. The van der Waals surface area contributed by atoms with Gasteiger partial charge in [-0.25, -0.2) is 0 Å². The zero-order valence-electron chi connectivity index (χ0n) is 16.1. The molecule has 3 heterocycles. The number of nitrogens with one attached hydrogen (secondary N) is 1. The minimum atomic E-state index is -0.699. The molecule has 152 valence electrons. The summed E-state index contributed by atoms with van der Waals surface area (Å²) < 4.78 is 17.3. The number of nitrogens with zero attached hydrogens (tertiary/aromatic N) is 1. The van der Waals surface area contributed by atoms with Crippen LogP contribution < -0.4 is 10.3 Å². The molecule has 0 spiro atoms. The zero-order valence-corrected chi connectivity index (χ0v) is 16.1. The van der Waals surface area contributed by atoms with Gasteiger partial charge in [0.25, 0.3) is 5.56 Å². The second-order valence-corrected chi connectivity index (χ2v) is 7.63. The normalized spacial score (nSPS) is 25.2. The van der Waals surface area contributed by atoms with E-state index in [1.807, 2.05) is 54.6 Å². The number of H-pyrrole nitrogens is 1. The molecule has 0 amide bonds. The topological polar surface area (TPSA) is 105 Å². The molecular weight excluding hydrogens is 384 g/mol. The number of aromatic amines is 1. The zero-order chi connectivity index (χ0) is 20.7. The Morgan fingerprint density at radius 2 is 1.90 bits per heavy atom. The lowest BCUT2D eigenvalue weighted by Gasteiger charge is -2.20. The Hall–Kier alpha value is -3.18. The highest BCUT2D eigenvalue weighted by Gasteiger charge is 2.48. The summed E-state index contributed by atoms with van der Waals surface area (Å²) in [6, 6.07) is 17.7. The first-order valence-corrected chi connectivity index (χ1v) is 9.85. The monoisotopic (exact) mass is 404 g/mol. The summed E-state index contributed by atoms with van der Waals surface area (Å²) in [4.78, 5) is 15.3. The molecular formula is C23H20N2O5. The van der Waals surface area contributed by atoms with Crippen molar-refractivity contribution < 1.29 is 19.3 Å². The van der Waals surface area contributed by atoms with Gasteiger partial charge in [0.1, 0.15) is 24.4 Å². The Labute approximate surface area is 172 Å². The van der Waals surface area contributed by atoms with E-state index in [0.717, 1.165) is 17.5 Å². The molecule has 2 aromatic carbocycles. The molecule has 5 rings (SSSR count). The molecule has 7 heteroatoms. The van der Waals surface area contributed by atoms with E-state index in [2.05, 4.69) is 4.98 Å². The van der Waals surface area contributed by atoms with Gasteiger partial charge in [-0.1, -0.05) is 36.4 Å².